The van der Waals surface area contributed by atoms with Crippen LogP contribution in [0, 0.1) is 12.8 Å². The summed E-state index contributed by atoms with van der Waals surface area (Å²) in [7, 11) is -3.83. The standard InChI is InChI=1S/C21H23N3O6S/c1-13-3-7-17(8-4-13)24-12-15(11-19(24)25)21(27)30-14(2)20(26)23-16-5-9-18(10-6-16)31(22,28)29/h3-10,14-15H,11-12H2,1-2H3,(H,23,26)(H2,22,28,29)/t14-,15-/m1/s1. The van der Waals surface area contributed by atoms with E-state index in [-0.39, 0.29) is 23.8 Å². The third-order valence-corrected chi connectivity index (χ3v) is 5.85. The lowest BCUT2D eigenvalue weighted by Gasteiger charge is -2.18. The van der Waals surface area contributed by atoms with Gasteiger partial charge in [-0.3, -0.25) is 14.4 Å². The number of sulfonamides is 1. The van der Waals surface area contributed by atoms with Gasteiger partial charge in [-0.15, -0.1) is 0 Å². The van der Waals surface area contributed by atoms with Gasteiger partial charge in [-0.25, -0.2) is 13.6 Å². The second kappa shape index (κ2) is 8.86. The number of carbonyl (C=O) groups excluding carboxylic acids is 3. The van der Waals surface area contributed by atoms with Crippen LogP contribution < -0.4 is 15.4 Å². The van der Waals surface area contributed by atoms with Crippen LogP contribution in [0.4, 0.5) is 11.4 Å². The molecular weight excluding hydrogens is 422 g/mol. The van der Waals surface area contributed by atoms with Crippen molar-refractivity contribution >= 4 is 39.2 Å². The number of primary sulfonamides is 1. The van der Waals surface area contributed by atoms with Crippen molar-refractivity contribution in [3.63, 3.8) is 0 Å². The number of nitrogens with two attached hydrogens (primary N) is 1. The molecule has 0 radical (unpaired) electrons. The average Bonchev–Trinajstić information content (AvgIpc) is 3.10. The van der Waals surface area contributed by atoms with Gasteiger partial charge < -0.3 is 15.0 Å². The average molecular weight is 445 g/mol. The first-order valence-electron chi connectivity index (χ1n) is 9.56. The summed E-state index contributed by atoms with van der Waals surface area (Å²) in [4.78, 5) is 38.6. The van der Waals surface area contributed by atoms with Crippen molar-refractivity contribution in [2.24, 2.45) is 11.1 Å². The number of anilines is 2. The molecule has 2 atom stereocenters. The fraction of sp³-hybridized carbons (Fsp3) is 0.286. The summed E-state index contributed by atoms with van der Waals surface area (Å²) in [5, 5.41) is 7.57. The SMILES string of the molecule is Cc1ccc(N2C[C@H](C(=O)O[C@H](C)C(=O)Nc3ccc(S(N)(=O)=O)cc3)CC2=O)cc1. The molecule has 9 nitrogen and oxygen atoms in total. The van der Waals surface area contributed by atoms with E-state index in [0.29, 0.717) is 11.4 Å². The first-order valence-corrected chi connectivity index (χ1v) is 11.1. The van der Waals surface area contributed by atoms with E-state index in [1.54, 1.807) is 0 Å². The third kappa shape index (κ3) is 5.47. The molecule has 3 N–H and O–H groups in total. The number of ether oxygens (including phenoxy) is 1. The zero-order valence-electron chi connectivity index (χ0n) is 17.1. The third-order valence-electron chi connectivity index (χ3n) is 4.92. The molecule has 1 aliphatic heterocycles. The number of nitrogens with one attached hydrogen (secondary N) is 1. The van der Waals surface area contributed by atoms with E-state index in [1.807, 2.05) is 31.2 Å². The van der Waals surface area contributed by atoms with Crippen LogP contribution in [0.3, 0.4) is 0 Å². The molecule has 0 saturated carbocycles. The van der Waals surface area contributed by atoms with Crippen molar-refractivity contribution in [3.8, 4) is 0 Å². The molecule has 0 spiro atoms. The van der Waals surface area contributed by atoms with Crippen LogP contribution in [-0.2, 0) is 29.1 Å². The van der Waals surface area contributed by atoms with Crippen molar-refractivity contribution < 1.29 is 27.5 Å². The van der Waals surface area contributed by atoms with Gasteiger partial charge in [-0.05, 0) is 50.2 Å². The Kier molecular flexibility index (Phi) is 6.42. The fourth-order valence-electron chi connectivity index (χ4n) is 3.14. The van der Waals surface area contributed by atoms with E-state index in [0.717, 1.165) is 5.56 Å². The molecule has 164 valence electrons. The van der Waals surface area contributed by atoms with Crippen LogP contribution >= 0.6 is 0 Å². The van der Waals surface area contributed by atoms with Gasteiger partial charge in [0.05, 0.1) is 10.8 Å². The van der Waals surface area contributed by atoms with Gasteiger partial charge in [0.15, 0.2) is 6.10 Å². The summed E-state index contributed by atoms with van der Waals surface area (Å²) in [5.41, 5.74) is 2.09. The maximum atomic E-state index is 12.5. The Morgan fingerprint density at radius 3 is 2.32 bits per heavy atom. The van der Waals surface area contributed by atoms with Gasteiger partial charge >= 0.3 is 5.97 Å². The van der Waals surface area contributed by atoms with E-state index in [2.05, 4.69) is 5.32 Å². The number of hydrogen-bond acceptors (Lipinski definition) is 6. The van der Waals surface area contributed by atoms with Gasteiger partial charge in [0.25, 0.3) is 5.91 Å². The highest BCUT2D eigenvalue weighted by Crippen LogP contribution is 2.26. The topological polar surface area (TPSA) is 136 Å². The lowest BCUT2D eigenvalue weighted by atomic mass is 10.1. The molecule has 0 aromatic heterocycles. The molecule has 1 aliphatic rings. The minimum atomic E-state index is -3.83. The van der Waals surface area contributed by atoms with Crippen LogP contribution in [0.15, 0.2) is 53.4 Å². The summed E-state index contributed by atoms with van der Waals surface area (Å²) in [6.45, 7) is 3.54. The van der Waals surface area contributed by atoms with Gasteiger partial charge in [-0.1, -0.05) is 17.7 Å². The summed E-state index contributed by atoms with van der Waals surface area (Å²) in [6.07, 6.45) is -1.09. The fourth-order valence-corrected chi connectivity index (χ4v) is 3.65. The monoisotopic (exact) mass is 445 g/mol. The summed E-state index contributed by atoms with van der Waals surface area (Å²) < 4.78 is 27.8. The molecule has 2 amide bonds. The normalized spacial score (nSPS) is 17.3. The van der Waals surface area contributed by atoms with Crippen LogP contribution in [0.25, 0.3) is 0 Å². The van der Waals surface area contributed by atoms with E-state index < -0.39 is 33.9 Å². The predicted octanol–water partition coefficient (Wildman–Crippen LogP) is 1.57. The molecule has 31 heavy (non-hydrogen) atoms. The number of esters is 1. The van der Waals surface area contributed by atoms with E-state index in [4.69, 9.17) is 9.88 Å². The quantitative estimate of drug-likeness (QED) is 0.648. The molecule has 1 fully saturated rings. The number of amides is 2. The minimum absolute atomic E-state index is 0.00999. The molecule has 1 saturated heterocycles. The second-order valence-corrected chi connectivity index (χ2v) is 8.94. The molecule has 0 aliphatic carbocycles. The Bertz CT molecular complexity index is 1100. The highest BCUT2D eigenvalue weighted by Gasteiger charge is 2.37. The van der Waals surface area contributed by atoms with Crippen molar-refractivity contribution in [1.82, 2.24) is 0 Å². The van der Waals surface area contributed by atoms with Crippen LogP contribution in [-0.4, -0.2) is 38.9 Å². The maximum absolute atomic E-state index is 12.5. The Morgan fingerprint density at radius 1 is 1.13 bits per heavy atom. The van der Waals surface area contributed by atoms with Crippen molar-refractivity contribution in [2.45, 2.75) is 31.3 Å². The largest absolute Gasteiger partial charge is 0.452 e. The smallest absolute Gasteiger partial charge is 0.312 e. The van der Waals surface area contributed by atoms with Gasteiger partial charge in [0.2, 0.25) is 15.9 Å². The number of rotatable bonds is 6. The van der Waals surface area contributed by atoms with E-state index in [1.165, 1.54) is 36.1 Å². The molecule has 0 bridgehead atoms. The number of carbonyl (C=O) groups is 3. The van der Waals surface area contributed by atoms with E-state index >= 15 is 0 Å². The van der Waals surface area contributed by atoms with Crippen molar-refractivity contribution in [2.75, 3.05) is 16.8 Å². The van der Waals surface area contributed by atoms with Gasteiger partial charge in [0, 0.05) is 24.3 Å². The maximum Gasteiger partial charge on any atom is 0.312 e. The first-order chi connectivity index (χ1) is 14.5. The molecule has 2 aromatic carbocycles. The number of nitrogens with zero attached hydrogens (tertiary/aromatic N) is 1. The van der Waals surface area contributed by atoms with Gasteiger partial charge in [0.1, 0.15) is 0 Å². The number of aryl methyl sites for hydroxylation is 1. The zero-order chi connectivity index (χ0) is 22.8. The molecule has 0 unspecified atom stereocenters. The Morgan fingerprint density at radius 2 is 1.74 bits per heavy atom. The van der Waals surface area contributed by atoms with E-state index in [9.17, 15) is 22.8 Å². The Balaban J connectivity index is 1.56. The highest BCUT2D eigenvalue weighted by molar-refractivity contribution is 7.89. The van der Waals surface area contributed by atoms with Crippen molar-refractivity contribution in [3.05, 3.63) is 54.1 Å². The van der Waals surface area contributed by atoms with Crippen molar-refractivity contribution in [1.29, 1.82) is 0 Å². The molecule has 3 rings (SSSR count). The zero-order valence-corrected chi connectivity index (χ0v) is 17.9. The molecular formula is C21H23N3O6S. The molecule has 1 heterocycles. The lowest BCUT2D eigenvalue weighted by Crippen LogP contribution is -2.33. The van der Waals surface area contributed by atoms with Crippen LogP contribution in [0.5, 0.6) is 0 Å². The number of hydrogen-bond donors (Lipinski definition) is 2. The molecule has 10 heteroatoms. The summed E-state index contributed by atoms with van der Waals surface area (Å²) in [6, 6.07) is 12.7. The van der Waals surface area contributed by atoms with Crippen LogP contribution in [0.1, 0.15) is 18.9 Å². The second-order valence-electron chi connectivity index (χ2n) is 7.38. The van der Waals surface area contributed by atoms with Gasteiger partial charge in [-0.2, -0.15) is 0 Å². The predicted molar refractivity (Wildman–Crippen MR) is 114 cm³/mol. The molecule has 2 aromatic rings. The lowest BCUT2D eigenvalue weighted by molar-refractivity contribution is -0.157. The van der Waals surface area contributed by atoms with Crippen LogP contribution in [0.2, 0.25) is 0 Å². The highest BCUT2D eigenvalue weighted by atomic mass is 32.2. The first kappa shape index (κ1) is 22.4. The summed E-state index contributed by atoms with van der Waals surface area (Å²) >= 11 is 0. The Labute approximate surface area is 180 Å². The number of benzene rings is 2. The summed E-state index contributed by atoms with van der Waals surface area (Å²) in [5.74, 6) is -2.07. The Hall–Kier alpha value is -3.24. The minimum Gasteiger partial charge on any atom is -0.452 e.